The Balaban J connectivity index is 0.000000446. The molecule has 1 aromatic carbocycles. The van der Waals surface area contributed by atoms with Gasteiger partial charge in [-0.05, 0) is 32.2 Å². The molecule has 1 aromatic rings. The highest BCUT2D eigenvalue weighted by atomic mass is 35.5. The third-order valence-corrected chi connectivity index (χ3v) is 3.44. The second-order valence-corrected chi connectivity index (χ2v) is 6.11. The van der Waals surface area contributed by atoms with Gasteiger partial charge in [0.25, 0.3) is 0 Å². The van der Waals surface area contributed by atoms with Crippen LogP contribution in [0.2, 0.25) is 5.02 Å². The van der Waals surface area contributed by atoms with Crippen molar-refractivity contribution in [2.75, 3.05) is 27.3 Å². The highest BCUT2D eigenvalue weighted by Crippen LogP contribution is 2.21. The second-order valence-electron chi connectivity index (χ2n) is 5.68. The van der Waals surface area contributed by atoms with Gasteiger partial charge >= 0.3 is 5.97 Å². The van der Waals surface area contributed by atoms with Crippen molar-refractivity contribution >= 4 is 23.9 Å². The maximum Gasteiger partial charge on any atom is 0.335 e. The molecule has 1 unspecified atom stereocenters. The summed E-state index contributed by atoms with van der Waals surface area (Å²) in [7, 11) is 3.29. The van der Waals surface area contributed by atoms with Gasteiger partial charge in [0.05, 0.1) is 19.3 Å². The molecule has 0 saturated carbocycles. The van der Waals surface area contributed by atoms with Gasteiger partial charge < -0.3 is 19.9 Å². The van der Waals surface area contributed by atoms with E-state index in [1.54, 1.807) is 32.2 Å². The number of aliphatic hydroxyl groups excluding tert-OH is 1. The predicted molar refractivity (Wildman–Crippen MR) is 93.7 cm³/mol. The van der Waals surface area contributed by atoms with Crippen LogP contribution in [0.25, 0.3) is 0 Å². The summed E-state index contributed by atoms with van der Waals surface area (Å²) in [4.78, 5) is 21.6. The third-order valence-electron chi connectivity index (χ3n) is 3.20. The van der Waals surface area contributed by atoms with Crippen LogP contribution in [0.15, 0.2) is 18.2 Å². The van der Waals surface area contributed by atoms with Crippen LogP contribution in [-0.4, -0.2) is 50.8 Å². The Kier molecular flexibility index (Phi) is 10.3. The van der Waals surface area contributed by atoms with Gasteiger partial charge in [-0.25, -0.2) is 4.79 Å². The zero-order valence-electron chi connectivity index (χ0n) is 14.8. The minimum absolute atomic E-state index is 0.297. The number of benzene rings is 1. The molecule has 0 bridgehead atoms. The third kappa shape index (κ3) is 7.29. The molecule has 0 heterocycles. The number of ether oxygens (including phenoxy) is 2. The number of halogens is 1. The van der Waals surface area contributed by atoms with Gasteiger partial charge in [0.2, 0.25) is 0 Å². The molecule has 1 rings (SSSR count). The Morgan fingerprint density at radius 3 is 2.54 bits per heavy atom. The summed E-state index contributed by atoms with van der Waals surface area (Å²) in [6.07, 6.45) is -0.357. The molecule has 0 fully saturated rings. The van der Waals surface area contributed by atoms with Crippen LogP contribution in [-0.2, 0) is 9.53 Å². The summed E-state index contributed by atoms with van der Waals surface area (Å²) in [5.41, 5.74) is -0.0268. The molecule has 2 N–H and O–H groups in total. The smallest absolute Gasteiger partial charge is 0.335 e. The SMILES string of the molecule is CCOC(=O)C(O)C(C)(C)CNC.COc1ccc(Cl)cc1C=O. The van der Waals surface area contributed by atoms with Gasteiger partial charge in [-0.2, -0.15) is 0 Å². The van der Waals surface area contributed by atoms with Gasteiger partial charge in [0, 0.05) is 17.0 Å². The highest BCUT2D eigenvalue weighted by Gasteiger charge is 2.33. The van der Waals surface area contributed by atoms with Crippen molar-refractivity contribution in [3.63, 3.8) is 0 Å². The van der Waals surface area contributed by atoms with Gasteiger partial charge in [-0.15, -0.1) is 0 Å². The largest absolute Gasteiger partial charge is 0.496 e. The Hall–Kier alpha value is -1.63. The van der Waals surface area contributed by atoms with E-state index in [2.05, 4.69) is 5.32 Å². The van der Waals surface area contributed by atoms with E-state index < -0.39 is 17.5 Å². The van der Waals surface area contributed by atoms with Crippen LogP contribution < -0.4 is 10.1 Å². The Bertz CT molecular complexity index is 534. The molecule has 24 heavy (non-hydrogen) atoms. The fraction of sp³-hybridized carbons (Fsp3) is 0.529. The molecular formula is C17H26ClNO5. The fourth-order valence-corrected chi connectivity index (χ4v) is 2.07. The molecule has 7 heteroatoms. The summed E-state index contributed by atoms with van der Waals surface area (Å²) in [6.45, 7) is 6.20. The van der Waals surface area contributed by atoms with Crippen molar-refractivity contribution in [2.45, 2.75) is 26.9 Å². The van der Waals surface area contributed by atoms with Gasteiger partial charge in [-0.1, -0.05) is 25.4 Å². The number of hydrogen-bond donors (Lipinski definition) is 2. The van der Waals surface area contributed by atoms with Crippen molar-refractivity contribution in [2.24, 2.45) is 5.41 Å². The van der Waals surface area contributed by atoms with Gasteiger partial charge in [-0.3, -0.25) is 4.79 Å². The molecule has 0 spiro atoms. The van der Waals surface area contributed by atoms with E-state index in [-0.39, 0.29) is 0 Å². The summed E-state index contributed by atoms with van der Waals surface area (Å²) < 4.78 is 9.62. The van der Waals surface area contributed by atoms with E-state index in [1.165, 1.54) is 7.11 Å². The number of esters is 1. The van der Waals surface area contributed by atoms with Crippen LogP contribution in [0.3, 0.4) is 0 Å². The molecule has 136 valence electrons. The van der Waals surface area contributed by atoms with Crippen molar-refractivity contribution in [3.8, 4) is 5.75 Å². The first-order valence-corrected chi connectivity index (χ1v) is 7.89. The Morgan fingerprint density at radius 2 is 2.08 bits per heavy atom. The lowest BCUT2D eigenvalue weighted by molar-refractivity contribution is -0.159. The quantitative estimate of drug-likeness (QED) is 0.574. The van der Waals surface area contributed by atoms with Crippen LogP contribution in [0.5, 0.6) is 5.75 Å². The minimum atomic E-state index is -1.07. The number of rotatable bonds is 7. The highest BCUT2D eigenvalue weighted by molar-refractivity contribution is 6.30. The molecule has 0 saturated heterocycles. The first-order chi connectivity index (χ1) is 11.2. The van der Waals surface area contributed by atoms with Crippen LogP contribution in [0, 0.1) is 5.41 Å². The van der Waals surface area contributed by atoms with Crippen molar-refractivity contribution < 1.29 is 24.2 Å². The molecule has 0 aliphatic heterocycles. The average molecular weight is 360 g/mol. The van der Waals surface area contributed by atoms with E-state index >= 15 is 0 Å². The van der Waals surface area contributed by atoms with Crippen LogP contribution >= 0.6 is 11.6 Å². The number of aldehydes is 1. The second kappa shape index (κ2) is 11.0. The Morgan fingerprint density at radius 1 is 1.46 bits per heavy atom. The van der Waals surface area contributed by atoms with E-state index in [0.29, 0.717) is 35.8 Å². The Labute approximate surface area is 148 Å². The zero-order valence-corrected chi connectivity index (χ0v) is 15.5. The molecule has 0 radical (unpaired) electrons. The van der Waals surface area contributed by atoms with Crippen LogP contribution in [0.4, 0.5) is 0 Å². The van der Waals surface area contributed by atoms with Crippen molar-refractivity contribution in [3.05, 3.63) is 28.8 Å². The number of methoxy groups -OCH3 is 1. The molecule has 0 aromatic heterocycles. The van der Waals surface area contributed by atoms with Crippen LogP contribution in [0.1, 0.15) is 31.1 Å². The number of nitrogens with one attached hydrogen (secondary N) is 1. The summed E-state index contributed by atoms with van der Waals surface area (Å²) in [5.74, 6) is -0.00727. The van der Waals surface area contributed by atoms with E-state index in [1.807, 2.05) is 13.8 Å². The molecule has 6 nitrogen and oxygen atoms in total. The first kappa shape index (κ1) is 22.4. The number of aliphatic hydroxyl groups is 1. The first-order valence-electron chi connectivity index (χ1n) is 7.51. The van der Waals surface area contributed by atoms with Crippen molar-refractivity contribution in [1.29, 1.82) is 0 Å². The monoisotopic (exact) mass is 359 g/mol. The lowest BCUT2D eigenvalue weighted by atomic mass is 9.86. The lowest BCUT2D eigenvalue weighted by Crippen LogP contribution is -2.43. The summed E-state index contributed by atoms with van der Waals surface area (Å²) in [6, 6.07) is 4.90. The van der Waals surface area contributed by atoms with Gasteiger partial charge in [0.15, 0.2) is 12.4 Å². The zero-order chi connectivity index (χ0) is 18.8. The molecular weight excluding hydrogens is 334 g/mol. The number of hydrogen-bond acceptors (Lipinski definition) is 6. The molecule has 0 aliphatic rings. The summed E-state index contributed by atoms with van der Waals surface area (Å²) in [5, 5.41) is 13.0. The summed E-state index contributed by atoms with van der Waals surface area (Å²) >= 11 is 5.64. The number of carbonyl (C=O) groups is 2. The minimum Gasteiger partial charge on any atom is -0.496 e. The normalized spacial score (nSPS) is 11.8. The van der Waals surface area contributed by atoms with E-state index in [9.17, 15) is 14.7 Å². The lowest BCUT2D eigenvalue weighted by Gasteiger charge is -2.28. The van der Waals surface area contributed by atoms with Gasteiger partial charge in [0.1, 0.15) is 5.75 Å². The van der Waals surface area contributed by atoms with E-state index in [4.69, 9.17) is 21.1 Å². The molecule has 1 atom stereocenters. The molecule has 0 amide bonds. The number of carbonyl (C=O) groups excluding carboxylic acids is 2. The predicted octanol–water partition coefficient (Wildman–Crippen LogP) is 2.32. The fourth-order valence-electron chi connectivity index (χ4n) is 1.89. The topological polar surface area (TPSA) is 84.9 Å². The molecule has 0 aliphatic carbocycles. The van der Waals surface area contributed by atoms with Crippen molar-refractivity contribution in [1.82, 2.24) is 5.32 Å². The standard InChI is InChI=1S/C9H19NO3.C8H7ClO2/c1-5-13-8(12)7(11)9(2,3)6-10-4;1-11-8-3-2-7(9)4-6(8)5-10/h7,10-11H,5-6H2,1-4H3;2-5H,1H3. The maximum atomic E-state index is 11.2. The average Bonchev–Trinajstić information content (AvgIpc) is 2.54. The maximum absolute atomic E-state index is 11.2. The van der Waals surface area contributed by atoms with E-state index in [0.717, 1.165) is 0 Å².